The Morgan fingerprint density at radius 2 is 1.19 bits per heavy atom. The maximum atomic E-state index is 3.74. The minimum atomic E-state index is 1.19. The van der Waals surface area contributed by atoms with Crippen LogP contribution in [-0.4, -0.2) is 0 Å². The Morgan fingerprint density at radius 1 is 0.688 bits per heavy atom. The van der Waals surface area contributed by atoms with Gasteiger partial charge in [0.25, 0.3) is 0 Å². The van der Waals surface area contributed by atoms with Gasteiger partial charge < -0.3 is 0 Å². The quantitative estimate of drug-likeness (QED) is 0.279. The highest BCUT2D eigenvalue weighted by Crippen LogP contribution is 2.10. The Kier molecular flexibility index (Phi) is 14.0. The third-order valence-corrected chi connectivity index (χ3v) is 2.93. The highest BCUT2D eigenvalue weighted by atomic mass is 14.0. The van der Waals surface area contributed by atoms with Gasteiger partial charge in [-0.05, 0) is 32.1 Å². The second kappa shape index (κ2) is 14.5. The van der Waals surface area contributed by atoms with E-state index in [-0.39, 0.29) is 0 Å². The fourth-order valence-electron chi connectivity index (χ4n) is 1.90. The highest BCUT2D eigenvalue weighted by molar-refractivity contribution is 4.79. The second-order valence-corrected chi connectivity index (χ2v) is 4.57. The van der Waals surface area contributed by atoms with Crippen molar-refractivity contribution in [3.63, 3.8) is 0 Å². The van der Waals surface area contributed by atoms with Crippen LogP contribution < -0.4 is 0 Å². The molecule has 0 heterocycles. The molecule has 0 unspecified atom stereocenters. The molecule has 16 heavy (non-hydrogen) atoms. The number of hydrogen-bond acceptors (Lipinski definition) is 0. The molecule has 0 heteroatoms. The number of allylic oxidation sites excluding steroid dienone is 3. The standard InChI is InChI=1S/C16H30/c1-3-5-7-9-11-13-15-16-14-12-10-8-6-4-2/h3,6,8H,1,4-5,7,9-16H2,2H3/b8-6+. The summed E-state index contributed by atoms with van der Waals surface area (Å²) in [5.41, 5.74) is 0. The van der Waals surface area contributed by atoms with Crippen molar-refractivity contribution < 1.29 is 0 Å². The topological polar surface area (TPSA) is 0 Å². The molecule has 0 fully saturated rings. The molecule has 0 aromatic carbocycles. The Labute approximate surface area is 103 Å². The van der Waals surface area contributed by atoms with Crippen LogP contribution in [0.3, 0.4) is 0 Å². The maximum absolute atomic E-state index is 3.74. The van der Waals surface area contributed by atoms with Crippen LogP contribution in [0.15, 0.2) is 24.8 Å². The van der Waals surface area contributed by atoms with Crippen molar-refractivity contribution in [1.82, 2.24) is 0 Å². The third-order valence-electron chi connectivity index (χ3n) is 2.93. The molecule has 0 saturated heterocycles. The molecule has 0 aliphatic carbocycles. The molecule has 0 N–H and O–H groups in total. The van der Waals surface area contributed by atoms with Gasteiger partial charge >= 0.3 is 0 Å². The molecular weight excluding hydrogens is 192 g/mol. The fourth-order valence-corrected chi connectivity index (χ4v) is 1.90. The lowest BCUT2D eigenvalue weighted by Crippen LogP contribution is -1.80. The minimum absolute atomic E-state index is 1.19. The molecule has 0 atom stereocenters. The van der Waals surface area contributed by atoms with E-state index in [4.69, 9.17) is 0 Å². The van der Waals surface area contributed by atoms with E-state index in [1.54, 1.807) is 0 Å². The van der Waals surface area contributed by atoms with Gasteiger partial charge in [-0.1, -0.05) is 63.7 Å². The Hall–Kier alpha value is -0.520. The van der Waals surface area contributed by atoms with Gasteiger partial charge in [-0.15, -0.1) is 6.58 Å². The molecule has 94 valence electrons. The van der Waals surface area contributed by atoms with Crippen LogP contribution in [0.25, 0.3) is 0 Å². The van der Waals surface area contributed by atoms with Crippen molar-refractivity contribution in [2.24, 2.45) is 0 Å². The van der Waals surface area contributed by atoms with Gasteiger partial charge in [-0.3, -0.25) is 0 Å². The average Bonchev–Trinajstić information content (AvgIpc) is 2.31. The van der Waals surface area contributed by atoms with Crippen molar-refractivity contribution in [2.75, 3.05) is 0 Å². The average molecular weight is 222 g/mol. The summed E-state index contributed by atoms with van der Waals surface area (Å²) in [5, 5.41) is 0. The van der Waals surface area contributed by atoms with Gasteiger partial charge in [0, 0.05) is 0 Å². The molecule has 0 bridgehead atoms. The molecule has 0 aromatic heterocycles. The van der Waals surface area contributed by atoms with E-state index >= 15 is 0 Å². The molecule has 0 aliphatic rings. The second-order valence-electron chi connectivity index (χ2n) is 4.57. The molecule has 0 rings (SSSR count). The predicted octanol–water partition coefficient (Wildman–Crippen LogP) is 6.04. The summed E-state index contributed by atoms with van der Waals surface area (Å²) in [7, 11) is 0. The molecule has 0 amide bonds. The summed E-state index contributed by atoms with van der Waals surface area (Å²) in [6.07, 6.45) is 21.6. The van der Waals surface area contributed by atoms with Crippen molar-refractivity contribution in [2.45, 2.75) is 77.6 Å². The summed E-state index contributed by atoms with van der Waals surface area (Å²) >= 11 is 0. The first-order valence-corrected chi connectivity index (χ1v) is 7.17. The molecule has 0 nitrogen and oxygen atoms in total. The fraction of sp³-hybridized carbons (Fsp3) is 0.750. The lowest BCUT2D eigenvalue weighted by atomic mass is 10.1. The van der Waals surface area contributed by atoms with Crippen molar-refractivity contribution in [1.29, 1.82) is 0 Å². The summed E-state index contributed by atoms with van der Waals surface area (Å²) in [6.45, 7) is 5.94. The molecule has 0 spiro atoms. The van der Waals surface area contributed by atoms with Crippen LogP contribution in [0, 0.1) is 0 Å². The van der Waals surface area contributed by atoms with Crippen LogP contribution in [0.5, 0.6) is 0 Å². The maximum Gasteiger partial charge on any atom is -0.0351 e. The molecule has 0 radical (unpaired) electrons. The normalized spacial score (nSPS) is 11.1. The van der Waals surface area contributed by atoms with E-state index in [2.05, 4.69) is 25.7 Å². The number of hydrogen-bond donors (Lipinski definition) is 0. The van der Waals surface area contributed by atoms with Crippen LogP contribution in [0.1, 0.15) is 77.6 Å². The first-order chi connectivity index (χ1) is 7.91. The molecule has 0 saturated carbocycles. The van der Waals surface area contributed by atoms with Crippen LogP contribution in [0.4, 0.5) is 0 Å². The van der Waals surface area contributed by atoms with E-state index in [0.29, 0.717) is 0 Å². The zero-order valence-corrected chi connectivity index (χ0v) is 11.2. The van der Waals surface area contributed by atoms with Crippen LogP contribution >= 0.6 is 0 Å². The first-order valence-electron chi connectivity index (χ1n) is 7.17. The van der Waals surface area contributed by atoms with Crippen molar-refractivity contribution in [3.05, 3.63) is 24.8 Å². The molecule has 0 aromatic rings. The zero-order valence-electron chi connectivity index (χ0n) is 11.2. The smallest absolute Gasteiger partial charge is 0.0351 e. The van der Waals surface area contributed by atoms with Crippen molar-refractivity contribution in [3.8, 4) is 0 Å². The van der Waals surface area contributed by atoms with Crippen molar-refractivity contribution >= 4 is 0 Å². The first kappa shape index (κ1) is 15.5. The van der Waals surface area contributed by atoms with Gasteiger partial charge in [-0.25, -0.2) is 0 Å². The SMILES string of the molecule is C=CCCCCCCCCCC/C=C/CC. The monoisotopic (exact) mass is 222 g/mol. The highest BCUT2D eigenvalue weighted by Gasteiger charge is 1.91. The van der Waals surface area contributed by atoms with Crippen LogP contribution in [0.2, 0.25) is 0 Å². The zero-order chi connectivity index (χ0) is 11.9. The summed E-state index contributed by atoms with van der Waals surface area (Å²) < 4.78 is 0. The van der Waals surface area contributed by atoms with E-state index in [9.17, 15) is 0 Å². The number of unbranched alkanes of at least 4 members (excludes halogenated alkanes) is 9. The van der Waals surface area contributed by atoms with Gasteiger partial charge in [0.1, 0.15) is 0 Å². The summed E-state index contributed by atoms with van der Waals surface area (Å²) in [6, 6.07) is 0. The summed E-state index contributed by atoms with van der Waals surface area (Å²) in [5.74, 6) is 0. The van der Waals surface area contributed by atoms with E-state index in [1.165, 1.54) is 70.6 Å². The number of rotatable bonds is 12. The Balaban J connectivity index is 2.93. The molecular formula is C16H30. The Morgan fingerprint density at radius 3 is 1.69 bits per heavy atom. The van der Waals surface area contributed by atoms with Gasteiger partial charge in [0.15, 0.2) is 0 Å². The largest absolute Gasteiger partial charge is 0.103 e. The predicted molar refractivity (Wildman–Crippen MR) is 75.8 cm³/mol. The van der Waals surface area contributed by atoms with Crippen LogP contribution in [-0.2, 0) is 0 Å². The summed E-state index contributed by atoms with van der Waals surface area (Å²) in [4.78, 5) is 0. The molecule has 0 aliphatic heterocycles. The van der Waals surface area contributed by atoms with E-state index < -0.39 is 0 Å². The van der Waals surface area contributed by atoms with Gasteiger partial charge in [0.05, 0.1) is 0 Å². The lowest BCUT2D eigenvalue weighted by molar-refractivity contribution is 0.571. The van der Waals surface area contributed by atoms with E-state index in [1.807, 2.05) is 6.08 Å². The lowest BCUT2D eigenvalue weighted by Gasteiger charge is -2.00. The van der Waals surface area contributed by atoms with Gasteiger partial charge in [0.2, 0.25) is 0 Å². The Bertz CT molecular complexity index is 155. The van der Waals surface area contributed by atoms with E-state index in [0.717, 1.165) is 0 Å². The van der Waals surface area contributed by atoms with Gasteiger partial charge in [-0.2, -0.15) is 0 Å². The minimum Gasteiger partial charge on any atom is -0.103 e. The third kappa shape index (κ3) is 13.5.